The van der Waals surface area contributed by atoms with Gasteiger partial charge in [0.15, 0.2) is 11.2 Å². The van der Waals surface area contributed by atoms with Crippen LogP contribution in [0.2, 0.25) is 0 Å². The summed E-state index contributed by atoms with van der Waals surface area (Å²) < 4.78 is 6.96. The van der Waals surface area contributed by atoms with Gasteiger partial charge in [-0.05, 0) is 32.2 Å². The molecule has 0 unspecified atom stereocenters. The van der Waals surface area contributed by atoms with Gasteiger partial charge in [0.2, 0.25) is 0 Å². The summed E-state index contributed by atoms with van der Waals surface area (Å²) in [5.74, 6) is -0.377. The van der Waals surface area contributed by atoms with Crippen LogP contribution in [0.25, 0.3) is 15.5 Å². The van der Waals surface area contributed by atoms with E-state index in [0.29, 0.717) is 26.9 Å². The molecule has 0 aliphatic rings. The Bertz CT molecular complexity index is 844. The number of ether oxygens (including phenoxy) is 1. The molecule has 0 N–H and O–H groups in total. The van der Waals surface area contributed by atoms with Crippen molar-refractivity contribution in [2.24, 2.45) is 0 Å². The first-order valence-corrected chi connectivity index (χ1v) is 8.44. The highest BCUT2D eigenvalue weighted by molar-refractivity contribution is 7.19. The van der Waals surface area contributed by atoms with Crippen LogP contribution in [0.4, 0.5) is 0 Å². The van der Waals surface area contributed by atoms with Crippen molar-refractivity contribution in [1.29, 1.82) is 0 Å². The van der Waals surface area contributed by atoms with Gasteiger partial charge in [0.25, 0.3) is 0 Å². The second-order valence-electron chi connectivity index (χ2n) is 5.03. The van der Waals surface area contributed by atoms with E-state index in [9.17, 15) is 9.59 Å². The van der Waals surface area contributed by atoms with E-state index in [-0.39, 0.29) is 12.1 Å². The quantitative estimate of drug-likeness (QED) is 0.538. The van der Waals surface area contributed by atoms with Gasteiger partial charge < -0.3 is 4.74 Å². The molecule has 0 spiro atoms. The van der Waals surface area contributed by atoms with E-state index in [2.05, 4.69) is 4.98 Å². The number of hydrogen-bond acceptors (Lipinski definition) is 6. The van der Waals surface area contributed by atoms with Gasteiger partial charge in [0.1, 0.15) is 16.3 Å². The predicted molar refractivity (Wildman–Crippen MR) is 87.1 cm³/mol. The number of carbonyl (C=O) groups is 2. The number of aldehydes is 1. The Balaban J connectivity index is 2.15. The van der Waals surface area contributed by atoms with Crippen LogP contribution in [-0.4, -0.2) is 27.7 Å². The molecule has 3 heterocycles. The Labute approximate surface area is 135 Å². The van der Waals surface area contributed by atoms with Gasteiger partial charge in [-0.25, -0.2) is 9.78 Å². The highest BCUT2D eigenvalue weighted by Crippen LogP contribution is 2.32. The average Bonchev–Trinajstić information content (AvgIpc) is 3.14. The van der Waals surface area contributed by atoms with Gasteiger partial charge in [0.05, 0.1) is 11.0 Å². The Morgan fingerprint density at radius 1 is 1.45 bits per heavy atom. The Kier molecular flexibility index (Phi) is 3.84. The summed E-state index contributed by atoms with van der Waals surface area (Å²) in [5, 5.41) is 1.94. The fourth-order valence-electron chi connectivity index (χ4n) is 2.23. The Morgan fingerprint density at radius 2 is 2.23 bits per heavy atom. The Morgan fingerprint density at radius 3 is 2.82 bits per heavy atom. The number of thiophene rings is 1. The molecule has 0 saturated heterocycles. The number of rotatable bonds is 4. The van der Waals surface area contributed by atoms with Crippen molar-refractivity contribution >= 4 is 39.9 Å². The van der Waals surface area contributed by atoms with E-state index in [1.54, 1.807) is 25.2 Å². The summed E-state index contributed by atoms with van der Waals surface area (Å²) in [4.78, 5) is 30.2. The average molecular weight is 334 g/mol. The van der Waals surface area contributed by atoms with Crippen LogP contribution in [0.5, 0.6) is 0 Å². The number of carbonyl (C=O) groups excluding carboxylic acids is 2. The minimum Gasteiger partial charge on any atom is -0.459 e. The van der Waals surface area contributed by atoms with Crippen molar-refractivity contribution in [3.63, 3.8) is 0 Å². The first-order chi connectivity index (χ1) is 10.5. The lowest BCUT2D eigenvalue weighted by atomic mass is 10.3. The molecule has 0 radical (unpaired) electrons. The van der Waals surface area contributed by atoms with Crippen molar-refractivity contribution in [2.75, 3.05) is 0 Å². The third kappa shape index (κ3) is 2.36. The number of hydrogen-bond donors (Lipinski definition) is 0. The molecular weight excluding hydrogens is 320 g/mol. The Hall–Kier alpha value is -1.99. The monoisotopic (exact) mass is 334 g/mol. The first kappa shape index (κ1) is 14.9. The molecule has 22 heavy (non-hydrogen) atoms. The highest BCUT2D eigenvalue weighted by atomic mass is 32.1. The van der Waals surface area contributed by atoms with Crippen molar-refractivity contribution in [3.05, 3.63) is 33.8 Å². The minimum atomic E-state index is -0.377. The van der Waals surface area contributed by atoms with Gasteiger partial charge in [-0.1, -0.05) is 17.4 Å². The topological polar surface area (TPSA) is 60.7 Å². The smallest absolute Gasteiger partial charge is 0.350 e. The van der Waals surface area contributed by atoms with Crippen LogP contribution in [0.1, 0.15) is 39.7 Å². The lowest BCUT2D eigenvalue weighted by Crippen LogP contribution is -2.11. The van der Waals surface area contributed by atoms with E-state index in [1.165, 1.54) is 22.7 Å². The fraction of sp³-hybridized carbons (Fsp3) is 0.267. The first-order valence-electron chi connectivity index (χ1n) is 6.74. The van der Waals surface area contributed by atoms with E-state index in [0.717, 1.165) is 11.2 Å². The number of esters is 1. The maximum Gasteiger partial charge on any atom is 0.350 e. The number of nitrogens with zero attached hydrogens (tertiary/aromatic N) is 2. The number of imidazole rings is 1. The van der Waals surface area contributed by atoms with Gasteiger partial charge in [-0.15, -0.1) is 11.3 Å². The predicted octanol–water partition coefficient (Wildman–Crippen LogP) is 3.81. The molecule has 7 heteroatoms. The normalized spacial score (nSPS) is 11.3. The second kappa shape index (κ2) is 5.66. The van der Waals surface area contributed by atoms with E-state index >= 15 is 0 Å². The maximum absolute atomic E-state index is 12.1. The molecule has 0 bridgehead atoms. The number of fused-ring (bicyclic) bond motifs is 1. The van der Waals surface area contributed by atoms with Crippen LogP contribution in [-0.2, 0) is 4.74 Å². The standard InChI is InChI=1S/C15H14N2O3S2/c1-8(2)20-14(19)13-9(3)17-10(7-18)12(16-15(17)22-13)11-5-4-6-21-11/h4-8H,1-3H3. The van der Waals surface area contributed by atoms with E-state index in [4.69, 9.17) is 4.74 Å². The van der Waals surface area contributed by atoms with Crippen LogP contribution in [0.15, 0.2) is 17.5 Å². The van der Waals surface area contributed by atoms with Gasteiger partial charge >= 0.3 is 5.97 Å². The number of aryl methyl sites for hydroxylation is 1. The molecule has 0 aliphatic carbocycles. The minimum absolute atomic E-state index is 0.187. The molecular formula is C15H14N2O3S2. The largest absolute Gasteiger partial charge is 0.459 e. The molecule has 0 saturated carbocycles. The lowest BCUT2D eigenvalue weighted by molar-refractivity contribution is 0.0382. The van der Waals surface area contributed by atoms with Crippen LogP contribution in [0.3, 0.4) is 0 Å². The van der Waals surface area contributed by atoms with E-state index < -0.39 is 0 Å². The van der Waals surface area contributed by atoms with Crippen LogP contribution < -0.4 is 0 Å². The van der Waals surface area contributed by atoms with Crippen LogP contribution >= 0.6 is 22.7 Å². The van der Waals surface area contributed by atoms with Gasteiger partial charge in [-0.3, -0.25) is 9.20 Å². The van der Waals surface area contributed by atoms with Crippen molar-refractivity contribution < 1.29 is 14.3 Å². The molecule has 3 aromatic rings. The molecule has 114 valence electrons. The summed E-state index contributed by atoms with van der Waals surface area (Å²) in [6.45, 7) is 5.41. The van der Waals surface area contributed by atoms with Gasteiger partial charge in [-0.2, -0.15) is 0 Å². The molecule has 0 aliphatic heterocycles. The zero-order valence-corrected chi connectivity index (χ0v) is 14.0. The summed E-state index contributed by atoms with van der Waals surface area (Å²) in [5.41, 5.74) is 1.81. The summed E-state index contributed by atoms with van der Waals surface area (Å²) in [6.07, 6.45) is 0.598. The molecule has 0 amide bonds. The van der Waals surface area contributed by atoms with Crippen molar-refractivity contribution in [1.82, 2.24) is 9.38 Å². The number of aromatic nitrogens is 2. The molecule has 5 nitrogen and oxygen atoms in total. The number of thiazole rings is 1. The zero-order valence-electron chi connectivity index (χ0n) is 12.3. The summed E-state index contributed by atoms with van der Waals surface area (Å²) in [7, 11) is 0. The molecule has 3 aromatic heterocycles. The zero-order chi connectivity index (χ0) is 15.9. The van der Waals surface area contributed by atoms with Gasteiger partial charge in [0, 0.05) is 5.69 Å². The SMILES string of the molecule is Cc1c(C(=O)OC(C)C)sc2nc(-c3cccs3)c(C=O)n12. The molecule has 0 atom stereocenters. The maximum atomic E-state index is 12.1. The second-order valence-corrected chi connectivity index (χ2v) is 6.95. The lowest BCUT2D eigenvalue weighted by Gasteiger charge is -2.06. The summed E-state index contributed by atoms with van der Waals surface area (Å²) in [6, 6.07) is 3.84. The fourth-order valence-corrected chi connectivity index (χ4v) is 3.97. The molecule has 0 fully saturated rings. The van der Waals surface area contributed by atoms with Crippen LogP contribution in [0, 0.1) is 6.92 Å². The molecule has 3 rings (SSSR count). The van der Waals surface area contributed by atoms with Crippen molar-refractivity contribution in [2.45, 2.75) is 26.9 Å². The molecule has 0 aromatic carbocycles. The van der Waals surface area contributed by atoms with E-state index in [1.807, 2.05) is 17.5 Å². The van der Waals surface area contributed by atoms with Crippen molar-refractivity contribution in [3.8, 4) is 10.6 Å². The summed E-state index contributed by atoms with van der Waals surface area (Å²) >= 11 is 2.77. The third-order valence-corrected chi connectivity index (χ3v) is 5.13. The third-order valence-electron chi connectivity index (χ3n) is 3.13. The highest BCUT2D eigenvalue weighted by Gasteiger charge is 2.24.